The van der Waals surface area contributed by atoms with Crippen LogP contribution in [0.15, 0.2) is 0 Å². The fraction of sp³-hybridized carbons (Fsp3) is 0.500. The summed E-state index contributed by atoms with van der Waals surface area (Å²) in [6, 6.07) is 2.08. The Bertz CT molecular complexity index is 517. The normalized spacial score (nSPS) is 18.9. The highest BCUT2D eigenvalue weighted by atomic mass is 32.1. The van der Waals surface area contributed by atoms with Gasteiger partial charge in [0.25, 0.3) is 5.91 Å². The Morgan fingerprint density at radius 1 is 1.67 bits per heavy atom. The summed E-state index contributed by atoms with van der Waals surface area (Å²) < 4.78 is 0. The van der Waals surface area contributed by atoms with Crippen LogP contribution in [0, 0.1) is 17.2 Å². The van der Waals surface area contributed by atoms with Gasteiger partial charge in [-0.3, -0.25) is 4.79 Å². The van der Waals surface area contributed by atoms with Crippen molar-refractivity contribution >= 4 is 27.9 Å². The van der Waals surface area contributed by atoms with Gasteiger partial charge >= 0.3 is 0 Å². The summed E-state index contributed by atoms with van der Waals surface area (Å²) in [6.07, 6.45) is 2.24. The van der Waals surface area contributed by atoms with Crippen molar-refractivity contribution in [3.05, 3.63) is 10.4 Å². The number of nitrogen functional groups attached to an aromatic ring is 1. The van der Waals surface area contributed by atoms with E-state index in [1.807, 2.05) is 0 Å². The van der Waals surface area contributed by atoms with Gasteiger partial charge < -0.3 is 16.4 Å². The maximum Gasteiger partial charge on any atom is 0.261 e. The number of nitriles is 1. The summed E-state index contributed by atoms with van der Waals surface area (Å²) >= 11 is 1.23. The van der Waals surface area contributed by atoms with Gasteiger partial charge in [-0.1, -0.05) is 13.3 Å². The minimum absolute atomic E-state index is 0.227. The first-order chi connectivity index (χ1) is 8.58. The summed E-state index contributed by atoms with van der Waals surface area (Å²) in [6.45, 7) is 3.99. The summed E-state index contributed by atoms with van der Waals surface area (Å²) in [5, 5.41) is 9.97. The summed E-state index contributed by atoms with van der Waals surface area (Å²) in [7, 11) is 0. The number of nitrogens with zero attached hydrogens (tertiary/aromatic N) is 2. The molecule has 1 aromatic rings. The maximum atomic E-state index is 11.3. The zero-order valence-corrected chi connectivity index (χ0v) is 11.1. The van der Waals surface area contributed by atoms with Crippen LogP contribution in [-0.2, 0) is 0 Å². The second-order valence-corrected chi connectivity index (χ2v) is 5.51. The Morgan fingerprint density at radius 3 is 2.89 bits per heavy atom. The van der Waals surface area contributed by atoms with E-state index in [-0.39, 0.29) is 5.69 Å². The molecule has 2 rings (SSSR count). The monoisotopic (exact) mass is 264 g/mol. The molecule has 1 unspecified atom stereocenters. The molecule has 1 atom stereocenters. The van der Waals surface area contributed by atoms with E-state index in [1.54, 1.807) is 0 Å². The third kappa shape index (κ3) is 2.02. The molecule has 0 aromatic carbocycles. The van der Waals surface area contributed by atoms with Gasteiger partial charge in [0.2, 0.25) is 0 Å². The fourth-order valence-corrected chi connectivity index (χ4v) is 3.35. The third-order valence-electron chi connectivity index (χ3n) is 3.41. The quantitative estimate of drug-likeness (QED) is 0.865. The molecule has 96 valence electrons. The zero-order chi connectivity index (χ0) is 13.3. The molecule has 1 aliphatic rings. The maximum absolute atomic E-state index is 11.3. The third-order valence-corrected chi connectivity index (χ3v) is 4.69. The molecular weight excluding hydrogens is 248 g/mol. The Morgan fingerprint density at radius 2 is 2.39 bits per heavy atom. The van der Waals surface area contributed by atoms with Crippen molar-refractivity contribution in [3.8, 4) is 6.07 Å². The second-order valence-electron chi connectivity index (χ2n) is 4.51. The number of amides is 1. The number of rotatable bonds is 3. The summed E-state index contributed by atoms with van der Waals surface area (Å²) in [4.78, 5) is 13.7. The van der Waals surface area contributed by atoms with Crippen molar-refractivity contribution in [1.82, 2.24) is 0 Å². The van der Waals surface area contributed by atoms with Crippen molar-refractivity contribution in [1.29, 1.82) is 5.26 Å². The van der Waals surface area contributed by atoms with E-state index in [4.69, 9.17) is 11.5 Å². The molecular formula is C12H16N4OS. The molecule has 0 spiro atoms. The molecule has 0 aliphatic carbocycles. The second kappa shape index (κ2) is 4.86. The number of thiophene rings is 1. The molecule has 5 nitrogen and oxygen atoms in total. The Kier molecular flexibility index (Phi) is 3.43. The lowest BCUT2D eigenvalue weighted by atomic mass is 10.1. The van der Waals surface area contributed by atoms with Crippen LogP contribution < -0.4 is 16.4 Å². The summed E-state index contributed by atoms with van der Waals surface area (Å²) in [5.74, 6) is 0.0865. The van der Waals surface area contributed by atoms with Crippen LogP contribution in [0.2, 0.25) is 0 Å². The highest BCUT2D eigenvalue weighted by Crippen LogP contribution is 2.39. The Labute approximate surface area is 110 Å². The molecule has 0 bridgehead atoms. The molecule has 6 heteroatoms. The number of nitrogens with two attached hydrogens (primary N) is 2. The predicted octanol–water partition coefficient (Wildman–Crippen LogP) is 1.54. The van der Waals surface area contributed by atoms with Gasteiger partial charge in [-0.15, -0.1) is 11.3 Å². The molecule has 4 N–H and O–H groups in total. The first kappa shape index (κ1) is 12.7. The first-order valence-corrected chi connectivity index (χ1v) is 6.77. The van der Waals surface area contributed by atoms with Gasteiger partial charge in [-0.2, -0.15) is 5.26 Å². The minimum atomic E-state index is -0.563. The smallest absolute Gasteiger partial charge is 0.261 e. The zero-order valence-electron chi connectivity index (χ0n) is 10.3. The lowest BCUT2D eigenvalue weighted by molar-refractivity contribution is 0.100. The van der Waals surface area contributed by atoms with Crippen molar-refractivity contribution in [2.45, 2.75) is 19.8 Å². The van der Waals surface area contributed by atoms with Crippen molar-refractivity contribution in [2.75, 3.05) is 23.7 Å². The van der Waals surface area contributed by atoms with Crippen LogP contribution in [0.3, 0.4) is 0 Å². The SMILES string of the molecule is CCC1CCN(c2sc(C(N)=O)c(N)c2C#N)C1. The number of primary amides is 1. The molecule has 1 saturated heterocycles. The van der Waals surface area contributed by atoms with Crippen LogP contribution in [0.25, 0.3) is 0 Å². The predicted molar refractivity (Wildman–Crippen MR) is 72.6 cm³/mol. The molecule has 2 heterocycles. The van der Waals surface area contributed by atoms with E-state index in [9.17, 15) is 10.1 Å². The number of hydrogen-bond donors (Lipinski definition) is 2. The van der Waals surface area contributed by atoms with Gasteiger partial charge in [-0.25, -0.2) is 0 Å². The van der Waals surface area contributed by atoms with Gasteiger partial charge in [-0.05, 0) is 12.3 Å². The van der Waals surface area contributed by atoms with E-state index in [0.29, 0.717) is 16.4 Å². The topological polar surface area (TPSA) is 96.1 Å². The van der Waals surface area contributed by atoms with E-state index in [0.717, 1.165) is 30.9 Å². The van der Waals surface area contributed by atoms with Crippen LogP contribution in [0.5, 0.6) is 0 Å². The molecule has 1 aromatic heterocycles. The average Bonchev–Trinajstić information content (AvgIpc) is 2.92. The molecule has 1 amide bonds. The van der Waals surface area contributed by atoms with E-state index >= 15 is 0 Å². The minimum Gasteiger partial charge on any atom is -0.396 e. The molecule has 1 aliphatic heterocycles. The van der Waals surface area contributed by atoms with Crippen LogP contribution in [-0.4, -0.2) is 19.0 Å². The summed E-state index contributed by atoms with van der Waals surface area (Å²) in [5.41, 5.74) is 11.7. The Hall–Kier alpha value is -1.74. The van der Waals surface area contributed by atoms with Crippen LogP contribution in [0.4, 0.5) is 10.7 Å². The van der Waals surface area contributed by atoms with Gasteiger partial charge in [0.1, 0.15) is 21.5 Å². The Balaban J connectivity index is 2.37. The number of carbonyl (C=O) groups excluding carboxylic acids is 1. The van der Waals surface area contributed by atoms with Crippen LogP contribution in [0.1, 0.15) is 35.0 Å². The van der Waals surface area contributed by atoms with Crippen LogP contribution >= 0.6 is 11.3 Å². The van der Waals surface area contributed by atoms with Gasteiger partial charge in [0.15, 0.2) is 0 Å². The number of anilines is 2. The van der Waals surface area contributed by atoms with Crippen molar-refractivity contribution in [3.63, 3.8) is 0 Å². The molecule has 1 fully saturated rings. The highest BCUT2D eigenvalue weighted by Gasteiger charge is 2.28. The van der Waals surface area contributed by atoms with Gasteiger partial charge in [0.05, 0.1) is 5.69 Å². The molecule has 18 heavy (non-hydrogen) atoms. The van der Waals surface area contributed by atoms with E-state index in [1.165, 1.54) is 11.3 Å². The van der Waals surface area contributed by atoms with Crippen molar-refractivity contribution in [2.24, 2.45) is 11.7 Å². The van der Waals surface area contributed by atoms with E-state index in [2.05, 4.69) is 17.9 Å². The standard InChI is InChI=1S/C12H16N4OS/c1-2-7-3-4-16(6-7)12-8(5-13)9(14)10(18-12)11(15)17/h7H,2-4,6,14H2,1H3,(H2,15,17). The van der Waals surface area contributed by atoms with Crippen molar-refractivity contribution < 1.29 is 4.79 Å². The van der Waals surface area contributed by atoms with E-state index < -0.39 is 5.91 Å². The average molecular weight is 264 g/mol. The highest BCUT2D eigenvalue weighted by molar-refractivity contribution is 7.19. The largest absolute Gasteiger partial charge is 0.396 e. The lowest BCUT2D eigenvalue weighted by Gasteiger charge is -2.16. The number of hydrogen-bond acceptors (Lipinski definition) is 5. The number of carbonyl (C=O) groups is 1. The molecule has 0 saturated carbocycles. The molecule has 0 radical (unpaired) electrons. The lowest BCUT2D eigenvalue weighted by Crippen LogP contribution is -2.19. The first-order valence-electron chi connectivity index (χ1n) is 5.95. The fourth-order valence-electron chi connectivity index (χ4n) is 2.30. The van der Waals surface area contributed by atoms with Gasteiger partial charge in [0, 0.05) is 13.1 Å².